The third kappa shape index (κ3) is 5.14. The molecule has 0 saturated heterocycles. The molecule has 2 atom stereocenters. The maximum absolute atomic E-state index is 12.2. The number of nitrogens with one attached hydrogen (secondary N) is 1. The molecule has 5 N–H and O–H groups in total. The van der Waals surface area contributed by atoms with Crippen molar-refractivity contribution in [2.75, 3.05) is 18.0 Å². The molecule has 2 aromatic rings. The highest BCUT2D eigenvalue weighted by Crippen LogP contribution is 2.22. The third-order valence-electron chi connectivity index (χ3n) is 3.35. The Balaban J connectivity index is 1.87. The largest absolute Gasteiger partial charge is 0.383 e. The maximum Gasteiger partial charge on any atom is 0.233 e. The van der Waals surface area contributed by atoms with E-state index in [1.54, 1.807) is 6.92 Å². The number of anilines is 2. The molecule has 0 spiro atoms. The zero-order chi connectivity index (χ0) is 16.8. The van der Waals surface area contributed by atoms with Gasteiger partial charge in [-0.25, -0.2) is 9.97 Å². The van der Waals surface area contributed by atoms with Crippen LogP contribution in [0.15, 0.2) is 41.6 Å². The van der Waals surface area contributed by atoms with Crippen molar-refractivity contribution in [1.29, 1.82) is 0 Å². The monoisotopic (exact) mass is 331 g/mol. The van der Waals surface area contributed by atoms with Crippen LogP contribution in [-0.2, 0) is 4.79 Å². The molecule has 0 aliphatic heterocycles. The second-order valence-electron chi connectivity index (χ2n) is 5.32. The molecule has 0 radical (unpaired) electrons. The molecule has 23 heavy (non-hydrogen) atoms. The van der Waals surface area contributed by atoms with E-state index in [0.29, 0.717) is 23.3 Å². The fourth-order valence-electron chi connectivity index (χ4n) is 2.02. The van der Waals surface area contributed by atoms with Gasteiger partial charge in [0.2, 0.25) is 5.91 Å². The number of rotatable bonds is 6. The Morgan fingerprint density at radius 1 is 1.17 bits per heavy atom. The Kier molecular flexibility index (Phi) is 5.81. The fourth-order valence-corrected chi connectivity index (χ4v) is 2.85. The van der Waals surface area contributed by atoms with E-state index >= 15 is 0 Å². The first-order valence-corrected chi connectivity index (χ1v) is 8.23. The average Bonchev–Trinajstić information content (AvgIpc) is 2.52. The molecule has 1 aromatic carbocycles. The number of carbonyl (C=O) groups excluding carboxylic acids is 1. The second kappa shape index (κ2) is 7.82. The number of hydrogen-bond donors (Lipinski definition) is 3. The predicted octanol–water partition coefficient (Wildman–Crippen LogP) is 2.04. The number of nitrogen functional groups attached to an aromatic ring is 2. The van der Waals surface area contributed by atoms with Gasteiger partial charge in [0.15, 0.2) is 5.16 Å². The smallest absolute Gasteiger partial charge is 0.233 e. The van der Waals surface area contributed by atoms with Gasteiger partial charge in [0.25, 0.3) is 0 Å². The molecule has 1 aromatic heterocycles. The van der Waals surface area contributed by atoms with Gasteiger partial charge in [-0.1, -0.05) is 49.0 Å². The Morgan fingerprint density at radius 3 is 2.39 bits per heavy atom. The summed E-state index contributed by atoms with van der Waals surface area (Å²) in [6.45, 7) is 4.46. The van der Waals surface area contributed by atoms with Gasteiger partial charge in [-0.15, -0.1) is 0 Å². The van der Waals surface area contributed by atoms with Gasteiger partial charge >= 0.3 is 0 Å². The first-order valence-electron chi connectivity index (χ1n) is 7.35. The number of aromatic nitrogens is 2. The molecule has 7 heteroatoms. The Hall–Kier alpha value is -2.28. The second-order valence-corrected chi connectivity index (χ2v) is 6.63. The number of nitrogens with two attached hydrogens (primary N) is 2. The lowest BCUT2D eigenvalue weighted by molar-refractivity contribution is -0.120. The van der Waals surface area contributed by atoms with E-state index in [-0.39, 0.29) is 17.1 Å². The zero-order valence-electron chi connectivity index (χ0n) is 13.2. The van der Waals surface area contributed by atoms with Crippen molar-refractivity contribution in [1.82, 2.24) is 15.3 Å². The van der Waals surface area contributed by atoms with Crippen molar-refractivity contribution in [3.05, 3.63) is 42.0 Å². The van der Waals surface area contributed by atoms with Crippen LogP contribution in [0.5, 0.6) is 0 Å². The molecule has 0 saturated carbocycles. The Morgan fingerprint density at radius 2 is 1.78 bits per heavy atom. The summed E-state index contributed by atoms with van der Waals surface area (Å²) in [6, 6.07) is 11.6. The van der Waals surface area contributed by atoms with Crippen LogP contribution in [0.4, 0.5) is 11.6 Å². The molecule has 6 nitrogen and oxygen atoms in total. The van der Waals surface area contributed by atoms with Gasteiger partial charge < -0.3 is 16.8 Å². The first kappa shape index (κ1) is 17.1. The number of hydrogen-bond acceptors (Lipinski definition) is 6. The number of nitrogens with zero attached hydrogens (tertiary/aromatic N) is 2. The van der Waals surface area contributed by atoms with Crippen LogP contribution in [0.2, 0.25) is 0 Å². The lowest BCUT2D eigenvalue weighted by atomic mass is 10.0. The SMILES string of the molecule is C[C@H](CNC(=O)[C@@H](C)Sc1nc(N)cc(N)n1)c1ccccc1. The molecular formula is C16H21N5OS. The number of benzene rings is 1. The molecule has 0 bridgehead atoms. The van der Waals surface area contributed by atoms with E-state index in [0.717, 1.165) is 0 Å². The Bertz CT molecular complexity index is 645. The summed E-state index contributed by atoms with van der Waals surface area (Å²) in [5.41, 5.74) is 12.5. The fraction of sp³-hybridized carbons (Fsp3) is 0.312. The highest BCUT2D eigenvalue weighted by molar-refractivity contribution is 8.00. The number of thioether (sulfide) groups is 1. The first-order chi connectivity index (χ1) is 11.0. The van der Waals surface area contributed by atoms with Crippen molar-refractivity contribution < 1.29 is 4.79 Å². The van der Waals surface area contributed by atoms with Crippen LogP contribution >= 0.6 is 11.8 Å². The van der Waals surface area contributed by atoms with E-state index in [1.807, 2.05) is 18.2 Å². The molecule has 1 amide bonds. The van der Waals surface area contributed by atoms with Crippen LogP contribution in [0.25, 0.3) is 0 Å². The third-order valence-corrected chi connectivity index (χ3v) is 4.31. The number of amides is 1. The molecule has 0 aliphatic rings. The van der Waals surface area contributed by atoms with Crippen LogP contribution in [0.1, 0.15) is 25.3 Å². The summed E-state index contributed by atoms with van der Waals surface area (Å²) in [4.78, 5) is 20.3. The highest BCUT2D eigenvalue weighted by Gasteiger charge is 2.17. The number of carbonyl (C=O) groups is 1. The summed E-state index contributed by atoms with van der Waals surface area (Å²) in [6.07, 6.45) is 0. The summed E-state index contributed by atoms with van der Waals surface area (Å²) >= 11 is 1.23. The normalized spacial score (nSPS) is 13.3. The summed E-state index contributed by atoms with van der Waals surface area (Å²) in [7, 11) is 0. The highest BCUT2D eigenvalue weighted by atomic mass is 32.2. The van der Waals surface area contributed by atoms with Crippen molar-refractivity contribution in [3.63, 3.8) is 0 Å². The van der Waals surface area contributed by atoms with Gasteiger partial charge in [-0.05, 0) is 18.4 Å². The van der Waals surface area contributed by atoms with E-state index in [2.05, 4.69) is 34.3 Å². The van der Waals surface area contributed by atoms with E-state index in [4.69, 9.17) is 11.5 Å². The Labute approximate surface area is 140 Å². The summed E-state index contributed by atoms with van der Waals surface area (Å²) in [5.74, 6) is 0.773. The van der Waals surface area contributed by atoms with Crippen LogP contribution in [0.3, 0.4) is 0 Å². The quantitative estimate of drug-likeness (QED) is 0.552. The predicted molar refractivity (Wildman–Crippen MR) is 94.0 cm³/mol. The summed E-state index contributed by atoms with van der Waals surface area (Å²) in [5, 5.41) is 3.02. The van der Waals surface area contributed by atoms with Gasteiger partial charge in [-0.2, -0.15) is 0 Å². The van der Waals surface area contributed by atoms with Crippen LogP contribution in [0, 0.1) is 0 Å². The lowest BCUT2D eigenvalue weighted by Gasteiger charge is -2.15. The van der Waals surface area contributed by atoms with Crippen molar-refractivity contribution in [2.24, 2.45) is 0 Å². The molecule has 2 rings (SSSR count). The van der Waals surface area contributed by atoms with E-state index < -0.39 is 0 Å². The minimum Gasteiger partial charge on any atom is -0.383 e. The molecule has 1 heterocycles. The minimum absolute atomic E-state index is 0.0672. The van der Waals surface area contributed by atoms with Crippen molar-refractivity contribution >= 4 is 29.3 Å². The lowest BCUT2D eigenvalue weighted by Crippen LogP contribution is -2.33. The van der Waals surface area contributed by atoms with Gasteiger partial charge in [0.05, 0.1) is 5.25 Å². The molecule has 0 aliphatic carbocycles. The van der Waals surface area contributed by atoms with Crippen molar-refractivity contribution in [2.45, 2.75) is 30.2 Å². The average molecular weight is 331 g/mol. The minimum atomic E-state index is -0.334. The van der Waals surface area contributed by atoms with E-state index in [9.17, 15) is 4.79 Å². The van der Waals surface area contributed by atoms with Crippen LogP contribution < -0.4 is 16.8 Å². The maximum atomic E-state index is 12.2. The molecule has 0 unspecified atom stereocenters. The topological polar surface area (TPSA) is 107 Å². The van der Waals surface area contributed by atoms with Gasteiger partial charge in [-0.3, -0.25) is 4.79 Å². The van der Waals surface area contributed by atoms with E-state index in [1.165, 1.54) is 23.4 Å². The van der Waals surface area contributed by atoms with Gasteiger partial charge in [0, 0.05) is 12.6 Å². The molecule has 122 valence electrons. The molecular weight excluding hydrogens is 310 g/mol. The van der Waals surface area contributed by atoms with Crippen molar-refractivity contribution in [3.8, 4) is 0 Å². The molecule has 0 fully saturated rings. The van der Waals surface area contributed by atoms with Crippen LogP contribution in [-0.4, -0.2) is 27.7 Å². The zero-order valence-corrected chi connectivity index (χ0v) is 14.0. The standard InChI is InChI=1S/C16H21N5OS/c1-10(12-6-4-3-5-7-12)9-19-15(22)11(2)23-16-20-13(17)8-14(18)21-16/h3-8,10-11H,9H2,1-2H3,(H,19,22)(H4,17,18,20,21)/t10-,11-/m1/s1. The summed E-state index contributed by atoms with van der Waals surface area (Å²) < 4.78 is 0. The van der Waals surface area contributed by atoms with Gasteiger partial charge in [0.1, 0.15) is 11.6 Å².